The first-order valence-electron chi connectivity index (χ1n) is 6.34. The predicted molar refractivity (Wildman–Crippen MR) is 76.9 cm³/mol. The van der Waals surface area contributed by atoms with Gasteiger partial charge in [-0.15, -0.1) is 0 Å². The van der Waals surface area contributed by atoms with E-state index >= 15 is 0 Å². The third-order valence-electron chi connectivity index (χ3n) is 2.99. The number of nitrogens with one attached hydrogen (secondary N) is 1. The van der Waals surface area contributed by atoms with Crippen LogP contribution in [0.5, 0.6) is 0 Å². The van der Waals surface area contributed by atoms with Gasteiger partial charge in [-0.2, -0.15) is 0 Å². The Kier molecular flexibility index (Phi) is 4.33. The number of benzene rings is 2. The second-order valence-electron chi connectivity index (χ2n) is 4.67. The minimum Gasteiger partial charge on any atom is -0.478 e. The molecule has 21 heavy (non-hydrogen) atoms. The van der Waals surface area contributed by atoms with Crippen molar-refractivity contribution in [2.75, 3.05) is 5.32 Å². The fourth-order valence-corrected chi connectivity index (χ4v) is 1.99. The molecular weight excluding hydrogens is 273 g/mol. The van der Waals surface area contributed by atoms with Gasteiger partial charge in [0.15, 0.2) is 0 Å². The Bertz CT molecular complexity index is 698. The Morgan fingerprint density at radius 2 is 1.90 bits per heavy atom. The fraction of sp³-hybridized carbons (Fsp3) is 0.125. The molecule has 0 aromatic heterocycles. The van der Waals surface area contributed by atoms with Crippen molar-refractivity contribution >= 4 is 17.6 Å². The number of hydrogen-bond acceptors (Lipinski definition) is 2. The fourth-order valence-electron chi connectivity index (χ4n) is 1.99. The molecule has 108 valence electrons. The molecule has 0 aliphatic carbocycles. The number of anilines is 1. The van der Waals surface area contributed by atoms with Crippen LogP contribution in [0.15, 0.2) is 42.5 Å². The molecule has 0 saturated carbocycles. The summed E-state index contributed by atoms with van der Waals surface area (Å²) in [6, 6.07) is 10.6. The van der Waals surface area contributed by atoms with Crippen molar-refractivity contribution in [3.8, 4) is 0 Å². The maximum Gasteiger partial charge on any atom is 0.335 e. The van der Waals surface area contributed by atoms with Crippen LogP contribution in [-0.2, 0) is 11.2 Å². The normalized spacial score (nSPS) is 10.2. The minimum atomic E-state index is -1.10. The number of aromatic carboxylic acids is 1. The van der Waals surface area contributed by atoms with Gasteiger partial charge in [0.2, 0.25) is 5.91 Å². The number of amides is 1. The maximum absolute atomic E-state index is 13.6. The summed E-state index contributed by atoms with van der Waals surface area (Å²) < 4.78 is 13.6. The van der Waals surface area contributed by atoms with Gasteiger partial charge in [-0.3, -0.25) is 4.79 Å². The van der Waals surface area contributed by atoms with E-state index in [9.17, 15) is 14.0 Å². The van der Waals surface area contributed by atoms with Gasteiger partial charge in [0.25, 0.3) is 0 Å². The Hall–Kier alpha value is -2.69. The average Bonchev–Trinajstić information content (AvgIpc) is 2.43. The van der Waals surface area contributed by atoms with Crippen LogP contribution < -0.4 is 5.32 Å². The summed E-state index contributed by atoms with van der Waals surface area (Å²) in [5, 5.41) is 11.5. The number of carbonyl (C=O) groups excluding carboxylic acids is 1. The second-order valence-corrected chi connectivity index (χ2v) is 4.67. The standard InChI is InChI=1S/C16H14FNO3/c1-10-6-7-13(17)14(8-10)18-15(19)9-11-4-2-3-5-12(11)16(20)21/h2-8H,9H2,1H3,(H,18,19)(H,20,21). The van der Waals surface area contributed by atoms with Crippen molar-refractivity contribution in [1.82, 2.24) is 0 Å². The summed E-state index contributed by atoms with van der Waals surface area (Å²) in [6.07, 6.45) is -0.129. The van der Waals surface area contributed by atoms with Gasteiger partial charge in [-0.05, 0) is 36.2 Å². The van der Waals surface area contributed by atoms with Crippen molar-refractivity contribution in [1.29, 1.82) is 0 Å². The van der Waals surface area contributed by atoms with E-state index in [1.54, 1.807) is 31.2 Å². The van der Waals surface area contributed by atoms with E-state index in [0.29, 0.717) is 5.56 Å². The molecule has 0 atom stereocenters. The zero-order chi connectivity index (χ0) is 15.4. The van der Waals surface area contributed by atoms with Gasteiger partial charge in [0.1, 0.15) is 5.82 Å². The van der Waals surface area contributed by atoms with Crippen LogP contribution in [0.25, 0.3) is 0 Å². The molecule has 0 fully saturated rings. The van der Waals surface area contributed by atoms with Crippen LogP contribution in [0.4, 0.5) is 10.1 Å². The molecule has 2 aromatic carbocycles. The number of rotatable bonds is 4. The number of halogens is 1. The van der Waals surface area contributed by atoms with E-state index in [4.69, 9.17) is 5.11 Å². The van der Waals surface area contributed by atoms with E-state index in [0.717, 1.165) is 5.56 Å². The summed E-state index contributed by atoms with van der Waals surface area (Å²) in [6.45, 7) is 1.79. The topological polar surface area (TPSA) is 66.4 Å². The van der Waals surface area contributed by atoms with Gasteiger partial charge in [0, 0.05) is 0 Å². The monoisotopic (exact) mass is 287 g/mol. The highest BCUT2D eigenvalue weighted by molar-refractivity contribution is 5.96. The van der Waals surface area contributed by atoms with Crippen LogP contribution in [0, 0.1) is 12.7 Å². The molecule has 0 bridgehead atoms. The average molecular weight is 287 g/mol. The third kappa shape index (κ3) is 3.66. The highest BCUT2D eigenvalue weighted by Crippen LogP contribution is 2.17. The SMILES string of the molecule is Cc1ccc(F)c(NC(=O)Cc2ccccc2C(=O)O)c1. The quantitative estimate of drug-likeness (QED) is 0.908. The molecular formula is C16H14FNO3. The Balaban J connectivity index is 2.16. The number of carboxylic acid groups (broad SMARTS) is 1. The van der Waals surface area contributed by atoms with Crippen LogP contribution >= 0.6 is 0 Å². The minimum absolute atomic E-state index is 0.0670. The van der Waals surface area contributed by atoms with Gasteiger partial charge in [-0.25, -0.2) is 9.18 Å². The Morgan fingerprint density at radius 3 is 2.62 bits per heavy atom. The number of aryl methyl sites for hydroxylation is 1. The predicted octanol–water partition coefficient (Wildman–Crippen LogP) is 3.01. The molecule has 5 heteroatoms. The third-order valence-corrected chi connectivity index (χ3v) is 2.99. The van der Waals surface area contributed by atoms with Gasteiger partial charge < -0.3 is 10.4 Å². The maximum atomic E-state index is 13.6. The van der Waals surface area contributed by atoms with Gasteiger partial charge >= 0.3 is 5.97 Å². The summed E-state index contributed by atoms with van der Waals surface area (Å²) in [5.41, 5.74) is 1.36. The lowest BCUT2D eigenvalue weighted by atomic mass is 10.0. The molecule has 0 aliphatic rings. The van der Waals surface area contributed by atoms with Crippen LogP contribution in [0.2, 0.25) is 0 Å². The Morgan fingerprint density at radius 1 is 1.19 bits per heavy atom. The summed E-state index contributed by atoms with van der Waals surface area (Å²) in [5.74, 6) is -2.09. The zero-order valence-corrected chi connectivity index (χ0v) is 11.4. The molecule has 0 saturated heterocycles. The smallest absolute Gasteiger partial charge is 0.335 e. The first-order valence-corrected chi connectivity index (χ1v) is 6.34. The highest BCUT2D eigenvalue weighted by atomic mass is 19.1. The second kappa shape index (κ2) is 6.17. The molecule has 4 nitrogen and oxygen atoms in total. The summed E-state index contributed by atoms with van der Waals surface area (Å²) in [4.78, 5) is 23.0. The van der Waals surface area contributed by atoms with Crippen molar-refractivity contribution in [3.63, 3.8) is 0 Å². The highest BCUT2D eigenvalue weighted by Gasteiger charge is 2.13. The summed E-state index contributed by atoms with van der Waals surface area (Å²) in [7, 11) is 0. The van der Waals surface area contributed by atoms with Crippen LogP contribution in [-0.4, -0.2) is 17.0 Å². The molecule has 2 aromatic rings. The lowest BCUT2D eigenvalue weighted by Gasteiger charge is -2.09. The Labute approximate surface area is 121 Å². The van der Waals surface area contributed by atoms with E-state index < -0.39 is 17.7 Å². The first kappa shape index (κ1) is 14.7. The number of hydrogen-bond donors (Lipinski definition) is 2. The lowest BCUT2D eigenvalue weighted by Crippen LogP contribution is -2.17. The molecule has 2 N–H and O–H groups in total. The van der Waals surface area contributed by atoms with E-state index in [1.807, 2.05) is 0 Å². The van der Waals surface area contributed by atoms with Crippen LogP contribution in [0.3, 0.4) is 0 Å². The van der Waals surface area contributed by atoms with Crippen molar-refractivity contribution < 1.29 is 19.1 Å². The number of carboxylic acids is 1. The molecule has 0 spiro atoms. The first-order chi connectivity index (χ1) is 9.97. The molecule has 0 heterocycles. The van der Waals surface area contributed by atoms with E-state index in [1.165, 1.54) is 18.2 Å². The van der Waals surface area contributed by atoms with Crippen molar-refractivity contribution in [3.05, 3.63) is 65.0 Å². The van der Waals surface area contributed by atoms with Crippen molar-refractivity contribution in [2.45, 2.75) is 13.3 Å². The van der Waals surface area contributed by atoms with Gasteiger partial charge in [-0.1, -0.05) is 24.3 Å². The molecule has 0 radical (unpaired) electrons. The molecule has 1 amide bonds. The van der Waals surface area contributed by atoms with E-state index in [-0.39, 0.29) is 17.7 Å². The van der Waals surface area contributed by atoms with Crippen molar-refractivity contribution in [2.24, 2.45) is 0 Å². The summed E-state index contributed by atoms with van der Waals surface area (Å²) >= 11 is 0. The molecule has 0 aliphatic heterocycles. The van der Waals surface area contributed by atoms with Gasteiger partial charge in [0.05, 0.1) is 17.7 Å². The van der Waals surface area contributed by atoms with E-state index in [2.05, 4.69) is 5.32 Å². The number of carbonyl (C=O) groups is 2. The molecule has 0 unspecified atom stereocenters. The largest absolute Gasteiger partial charge is 0.478 e. The zero-order valence-electron chi connectivity index (χ0n) is 11.4. The lowest BCUT2D eigenvalue weighted by molar-refractivity contribution is -0.115. The molecule has 2 rings (SSSR count). The van der Waals surface area contributed by atoms with Crippen LogP contribution in [0.1, 0.15) is 21.5 Å².